The quantitative estimate of drug-likeness (QED) is 0.800. The molecule has 0 saturated carbocycles. The third-order valence-electron chi connectivity index (χ3n) is 2.95. The molecule has 0 unspecified atom stereocenters. The highest BCUT2D eigenvalue weighted by molar-refractivity contribution is 5.12. The maximum atomic E-state index is 4.25. The van der Waals surface area contributed by atoms with Crippen LogP contribution in [0.2, 0.25) is 0 Å². The van der Waals surface area contributed by atoms with Gasteiger partial charge in [0.25, 0.3) is 0 Å². The molecule has 2 rings (SSSR count). The zero-order valence-corrected chi connectivity index (χ0v) is 13.1. The largest absolute Gasteiger partial charge is 0.261 e. The number of hydrogen-bond acceptors (Lipinski definition) is 2. The lowest BCUT2D eigenvalue weighted by Gasteiger charge is -2.16. The van der Waals surface area contributed by atoms with Gasteiger partial charge in [-0.1, -0.05) is 46.2 Å². The topological polar surface area (TPSA) is 25.8 Å². The lowest BCUT2D eigenvalue weighted by atomic mass is 9.92. The molecule has 2 aromatic heterocycles. The van der Waals surface area contributed by atoms with Gasteiger partial charge in [0.2, 0.25) is 0 Å². The van der Waals surface area contributed by atoms with E-state index in [1.54, 1.807) is 0 Å². The molecule has 2 heterocycles. The molecule has 0 fully saturated rings. The molecule has 0 radical (unpaired) electrons. The van der Waals surface area contributed by atoms with E-state index in [2.05, 4.69) is 49.8 Å². The molecule has 2 aromatic rings. The second-order valence-corrected chi connectivity index (χ2v) is 5.89. The van der Waals surface area contributed by atoms with Gasteiger partial charge in [0.15, 0.2) is 0 Å². The fourth-order valence-electron chi connectivity index (χ4n) is 1.71. The summed E-state index contributed by atoms with van der Waals surface area (Å²) in [4.78, 5) is 8.47. The summed E-state index contributed by atoms with van der Waals surface area (Å²) in [5.41, 5.74) is 2.54. The van der Waals surface area contributed by atoms with Crippen LogP contribution in [0.1, 0.15) is 51.9 Å². The highest BCUT2D eigenvalue weighted by Gasteiger charge is 2.13. The number of pyridine rings is 2. The molecule has 0 atom stereocenters. The molecule has 0 N–H and O–H groups in total. The Morgan fingerprint density at radius 1 is 0.900 bits per heavy atom. The average Bonchev–Trinajstić information content (AvgIpc) is 2.47. The van der Waals surface area contributed by atoms with Gasteiger partial charge in [-0.2, -0.15) is 0 Å². The highest BCUT2D eigenvalue weighted by atomic mass is 14.7. The van der Waals surface area contributed by atoms with Crippen molar-refractivity contribution in [3.05, 3.63) is 60.2 Å². The molecular weight excluding hydrogens is 244 g/mol. The molecule has 0 saturated heterocycles. The van der Waals surface area contributed by atoms with Crippen molar-refractivity contribution in [1.82, 2.24) is 9.97 Å². The van der Waals surface area contributed by atoms with Crippen LogP contribution >= 0.6 is 0 Å². The van der Waals surface area contributed by atoms with Crippen LogP contribution in [0.25, 0.3) is 0 Å². The first kappa shape index (κ1) is 16.4. The summed E-state index contributed by atoms with van der Waals surface area (Å²) in [5.74, 6) is 0. The molecule has 0 aliphatic rings. The molecule has 0 bridgehead atoms. The zero-order valence-electron chi connectivity index (χ0n) is 13.1. The summed E-state index contributed by atoms with van der Waals surface area (Å²) in [7, 11) is 0. The van der Waals surface area contributed by atoms with Gasteiger partial charge in [-0.3, -0.25) is 9.97 Å². The Kier molecular flexibility index (Phi) is 6.92. The van der Waals surface area contributed by atoms with Crippen molar-refractivity contribution in [2.24, 2.45) is 0 Å². The molecule has 0 spiro atoms. The van der Waals surface area contributed by atoms with Gasteiger partial charge in [-0.15, -0.1) is 0 Å². The first-order valence-electron chi connectivity index (χ1n) is 7.35. The molecule has 0 aromatic carbocycles. The maximum absolute atomic E-state index is 4.25. The summed E-state index contributed by atoms with van der Waals surface area (Å²) in [6.45, 7) is 8.68. The van der Waals surface area contributed by atoms with Gasteiger partial charge in [0.1, 0.15) is 0 Å². The second-order valence-electron chi connectivity index (χ2n) is 5.89. The van der Waals surface area contributed by atoms with Crippen LogP contribution < -0.4 is 0 Å². The fourth-order valence-corrected chi connectivity index (χ4v) is 1.71. The summed E-state index contributed by atoms with van der Waals surface area (Å²) in [6, 6.07) is 12.1. The minimum atomic E-state index is 0.182. The first-order valence-corrected chi connectivity index (χ1v) is 7.35. The summed E-state index contributed by atoms with van der Waals surface area (Å²) in [6.07, 6.45) is 7.30. The molecule has 2 heteroatoms. The third-order valence-corrected chi connectivity index (χ3v) is 2.95. The second kappa shape index (κ2) is 8.47. The monoisotopic (exact) mass is 270 g/mol. The van der Waals surface area contributed by atoms with Gasteiger partial charge in [-0.05, 0) is 37.1 Å². The van der Waals surface area contributed by atoms with Gasteiger partial charge < -0.3 is 0 Å². The van der Waals surface area contributed by atoms with Crippen molar-refractivity contribution >= 4 is 0 Å². The molecule has 0 aliphatic heterocycles. The minimum Gasteiger partial charge on any atom is -0.261 e. The van der Waals surface area contributed by atoms with Gasteiger partial charge in [-0.25, -0.2) is 0 Å². The number of unbranched alkanes of at least 4 members (excludes halogenated alkanes) is 1. The van der Waals surface area contributed by atoms with Crippen molar-refractivity contribution in [3.8, 4) is 0 Å². The Morgan fingerprint density at radius 2 is 1.55 bits per heavy atom. The number of aryl methyl sites for hydroxylation is 1. The molecule has 108 valence electrons. The summed E-state index contributed by atoms with van der Waals surface area (Å²) >= 11 is 0. The van der Waals surface area contributed by atoms with E-state index in [0.29, 0.717) is 0 Å². The standard InChI is InChI=1S/2C9H13N/c1-9(2,3)8-6-4-5-7-10-8;1-2-3-6-9-7-4-5-8-10-9/h4-7H,1-3H3;4-5,7-8H,2-3,6H2,1H3. The van der Waals surface area contributed by atoms with Crippen LogP contribution in [-0.2, 0) is 11.8 Å². The van der Waals surface area contributed by atoms with Crippen LogP contribution in [0.15, 0.2) is 48.8 Å². The number of hydrogen-bond donors (Lipinski definition) is 0. The van der Waals surface area contributed by atoms with E-state index in [9.17, 15) is 0 Å². The molecule has 20 heavy (non-hydrogen) atoms. The summed E-state index contributed by atoms with van der Waals surface area (Å²) < 4.78 is 0. The Bertz CT molecular complexity index is 458. The molecular formula is C18H26N2. The molecule has 0 amide bonds. The SMILES string of the molecule is CC(C)(C)c1ccccn1.CCCCc1ccccn1. The Morgan fingerprint density at radius 3 is 1.95 bits per heavy atom. The van der Waals surface area contributed by atoms with E-state index in [1.807, 2.05) is 36.7 Å². The lowest BCUT2D eigenvalue weighted by molar-refractivity contribution is 0.569. The first-order chi connectivity index (χ1) is 9.54. The van der Waals surface area contributed by atoms with E-state index in [1.165, 1.54) is 18.5 Å². The number of aromatic nitrogens is 2. The van der Waals surface area contributed by atoms with Gasteiger partial charge in [0.05, 0.1) is 0 Å². The van der Waals surface area contributed by atoms with E-state index in [-0.39, 0.29) is 5.41 Å². The molecule has 0 aliphatic carbocycles. The maximum Gasteiger partial charge on any atom is 0.0457 e. The van der Waals surface area contributed by atoms with E-state index >= 15 is 0 Å². The van der Waals surface area contributed by atoms with Crippen molar-refractivity contribution in [2.45, 2.75) is 52.4 Å². The predicted molar refractivity (Wildman–Crippen MR) is 85.8 cm³/mol. The Hall–Kier alpha value is -1.70. The lowest BCUT2D eigenvalue weighted by Crippen LogP contribution is -2.12. The minimum absolute atomic E-state index is 0.182. The van der Waals surface area contributed by atoms with Crippen molar-refractivity contribution in [3.63, 3.8) is 0 Å². The zero-order chi connectivity index (χ0) is 14.8. The smallest absolute Gasteiger partial charge is 0.0457 e. The normalized spacial score (nSPS) is 10.6. The average molecular weight is 270 g/mol. The third kappa shape index (κ3) is 6.46. The van der Waals surface area contributed by atoms with Crippen LogP contribution in [0.5, 0.6) is 0 Å². The van der Waals surface area contributed by atoms with Gasteiger partial charge in [0, 0.05) is 29.2 Å². The van der Waals surface area contributed by atoms with Crippen LogP contribution in [0.3, 0.4) is 0 Å². The van der Waals surface area contributed by atoms with Crippen LogP contribution in [0.4, 0.5) is 0 Å². The van der Waals surface area contributed by atoms with E-state index in [4.69, 9.17) is 0 Å². The number of nitrogens with zero attached hydrogens (tertiary/aromatic N) is 2. The predicted octanol–water partition coefficient (Wildman–Crippen LogP) is 4.80. The van der Waals surface area contributed by atoms with Crippen LogP contribution in [0, 0.1) is 0 Å². The van der Waals surface area contributed by atoms with Crippen molar-refractivity contribution < 1.29 is 0 Å². The number of rotatable bonds is 3. The van der Waals surface area contributed by atoms with Crippen molar-refractivity contribution in [1.29, 1.82) is 0 Å². The van der Waals surface area contributed by atoms with E-state index < -0.39 is 0 Å². The Balaban J connectivity index is 0.000000200. The van der Waals surface area contributed by atoms with Crippen molar-refractivity contribution in [2.75, 3.05) is 0 Å². The Labute approximate surface area is 123 Å². The summed E-state index contributed by atoms with van der Waals surface area (Å²) in [5, 5.41) is 0. The molecule has 2 nitrogen and oxygen atoms in total. The fraction of sp³-hybridized carbons (Fsp3) is 0.444. The van der Waals surface area contributed by atoms with Gasteiger partial charge >= 0.3 is 0 Å². The van der Waals surface area contributed by atoms with E-state index in [0.717, 1.165) is 12.1 Å². The highest BCUT2D eigenvalue weighted by Crippen LogP contribution is 2.18. The van der Waals surface area contributed by atoms with Crippen LogP contribution in [-0.4, -0.2) is 9.97 Å².